The number of esters is 1. The van der Waals surface area contributed by atoms with Gasteiger partial charge in [0.25, 0.3) is 0 Å². The Morgan fingerprint density at radius 2 is 2.12 bits per heavy atom. The van der Waals surface area contributed by atoms with Gasteiger partial charge in [-0.1, -0.05) is 18.2 Å². The Morgan fingerprint density at radius 1 is 1.41 bits per heavy atom. The van der Waals surface area contributed by atoms with Gasteiger partial charge in [0.2, 0.25) is 0 Å². The van der Waals surface area contributed by atoms with E-state index in [0.717, 1.165) is 5.39 Å². The van der Waals surface area contributed by atoms with E-state index in [9.17, 15) is 9.90 Å². The quantitative estimate of drug-likeness (QED) is 0.804. The van der Waals surface area contributed by atoms with E-state index in [1.807, 2.05) is 12.1 Å². The third kappa shape index (κ3) is 2.12. The second-order valence-corrected chi connectivity index (χ2v) is 3.78. The first-order chi connectivity index (χ1) is 8.13. The number of fused-ring (bicyclic) bond motifs is 1. The van der Waals surface area contributed by atoms with E-state index in [1.54, 1.807) is 25.1 Å². The zero-order valence-electron chi connectivity index (χ0n) is 9.68. The lowest BCUT2D eigenvalue weighted by Crippen LogP contribution is -2.06. The van der Waals surface area contributed by atoms with E-state index in [-0.39, 0.29) is 0 Å². The Morgan fingerprint density at radius 3 is 2.76 bits per heavy atom. The van der Waals surface area contributed by atoms with Gasteiger partial charge in [0.05, 0.1) is 30.0 Å². The van der Waals surface area contributed by atoms with Crippen molar-refractivity contribution in [1.82, 2.24) is 4.98 Å². The molecule has 2 aromatic rings. The molecule has 17 heavy (non-hydrogen) atoms. The normalized spacial score (nSPS) is 12.4. The molecule has 1 aromatic heterocycles. The Balaban J connectivity index is 2.73. The number of rotatable bonds is 2. The number of nitrogens with zero attached hydrogens (tertiary/aromatic N) is 1. The molecule has 0 aliphatic carbocycles. The second kappa shape index (κ2) is 4.51. The van der Waals surface area contributed by atoms with Crippen LogP contribution in [0.25, 0.3) is 10.9 Å². The molecular formula is C13H13NO3. The molecule has 4 heteroatoms. The second-order valence-electron chi connectivity index (χ2n) is 3.78. The maximum Gasteiger partial charge on any atom is 0.338 e. The number of para-hydroxylation sites is 1. The number of carbonyl (C=O) groups excluding carboxylic acids is 1. The van der Waals surface area contributed by atoms with Gasteiger partial charge in [-0.2, -0.15) is 0 Å². The van der Waals surface area contributed by atoms with Crippen LogP contribution < -0.4 is 0 Å². The number of aliphatic hydroxyl groups is 1. The minimum atomic E-state index is -0.719. The zero-order chi connectivity index (χ0) is 12.4. The van der Waals surface area contributed by atoms with Crippen LogP contribution in [0.1, 0.15) is 29.1 Å². The highest BCUT2D eigenvalue weighted by Crippen LogP contribution is 2.22. The first kappa shape index (κ1) is 11.5. The maximum absolute atomic E-state index is 11.7. The minimum absolute atomic E-state index is 0.425. The maximum atomic E-state index is 11.7. The number of pyridine rings is 1. The molecule has 0 unspecified atom stereocenters. The highest BCUT2D eigenvalue weighted by Gasteiger charge is 2.14. The number of methoxy groups -OCH3 is 1. The van der Waals surface area contributed by atoms with Crippen molar-refractivity contribution in [3.8, 4) is 0 Å². The fourth-order valence-corrected chi connectivity index (χ4v) is 1.69. The lowest BCUT2D eigenvalue weighted by atomic mass is 10.1. The molecule has 4 nitrogen and oxygen atoms in total. The van der Waals surface area contributed by atoms with E-state index < -0.39 is 12.1 Å². The average molecular weight is 231 g/mol. The molecule has 2 rings (SSSR count). The van der Waals surface area contributed by atoms with Crippen molar-refractivity contribution >= 4 is 16.9 Å². The highest BCUT2D eigenvalue weighted by atomic mass is 16.5. The van der Waals surface area contributed by atoms with Crippen LogP contribution in [0.15, 0.2) is 30.3 Å². The smallest absolute Gasteiger partial charge is 0.338 e. The van der Waals surface area contributed by atoms with E-state index in [4.69, 9.17) is 4.74 Å². The molecule has 0 bridgehead atoms. The molecule has 0 radical (unpaired) electrons. The lowest BCUT2D eigenvalue weighted by Gasteiger charge is -2.09. The third-order valence-electron chi connectivity index (χ3n) is 2.57. The summed E-state index contributed by atoms with van der Waals surface area (Å²) in [4.78, 5) is 16.0. The van der Waals surface area contributed by atoms with Crippen molar-refractivity contribution in [3.05, 3.63) is 41.6 Å². The van der Waals surface area contributed by atoms with E-state index >= 15 is 0 Å². The molecule has 1 heterocycles. The predicted molar refractivity (Wildman–Crippen MR) is 63.7 cm³/mol. The monoisotopic (exact) mass is 231 g/mol. The van der Waals surface area contributed by atoms with Crippen molar-refractivity contribution < 1.29 is 14.6 Å². The van der Waals surface area contributed by atoms with Crippen molar-refractivity contribution in [2.45, 2.75) is 13.0 Å². The molecule has 0 amide bonds. The molecule has 0 saturated heterocycles. The van der Waals surface area contributed by atoms with Crippen LogP contribution in [0.3, 0.4) is 0 Å². The van der Waals surface area contributed by atoms with Crippen molar-refractivity contribution in [2.24, 2.45) is 0 Å². The van der Waals surface area contributed by atoms with Crippen LogP contribution in [0.4, 0.5) is 0 Å². The molecule has 0 spiro atoms. The molecular weight excluding hydrogens is 218 g/mol. The summed E-state index contributed by atoms with van der Waals surface area (Å²) in [7, 11) is 1.33. The molecule has 88 valence electrons. The molecule has 1 atom stereocenters. The van der Waals surface area contributed by atoms with Gasteiger partial charge < -0.3 is 9.84 Å². The number of carbonyl (C=O) groups is 1. The van der Waals surface area contributed by atoms with Gasteiger partial charge in [-0.05, 0) is 19.1 Å². The summed E-state index contributed by atoms with van der Waals surface area (Å²) in [6, 6.07) is 8.84. The third-order valence-corrected chi connectivity index (χ3v) is 2.57. The molecule has 0 aliphatic rings. The van der Waals surface area contributed by atoms with Crippen LogP contribution in [0, 0.1) is 0 Å². The standard InChI is InChI=1S/C13H13NO3/c1-8(15)12-7-10(13(16)17-2)9-5-3-4-6-11(9)14-12/h3-8,15H,1-2H3/t8-/m0/s1. The van der Waals surface area contributed by atoms with Crippen molar-refractivity contribution in [2.75, 3.05) is 7.11 Å². The largest absolute Gasteiger partial charge is 0.465 e. The molecule has 0 saturated carbocycles. The predicted octanol–water partition coefficient (Wildman–Crippen LogP) is 2.07. The Kier molecular flexibility index (Phi) is 3.06. The molecule has 1 aromatic carbocycles. The fraction of sp³-hybridized carbons (Fsp3) is 0.231. The number of hydrogen-bond acceptors (Lipinski definition) is 4. The zero-order valence-corrected chi connectivity index (χ0v) is 9.68. The number of ether oxygens (including phenoxy) is 1. The van der Waals surface area contributed by atoms with Crippen LogP contribution >= 0.6 is 0 Å². The summed E-state index contributed by atoms with van der Waals surface area (Å²) in [5.41, 5.74) is 1.56. The average Bonchev–Trinajstić information content (AvgIpc) is 2.36. The fourth-order valence-electron chi connectivity index (χ4n) is 1.69. The van der Waals surface area contributed by atoms with Crippen molar-refractivity contribution in [1.29, 1.82) is 0 Å². The first-order valence-corrected chi connectivity index (χ1v) is 5.29. The van der Waals surface area contributed by atoms with Gasteiger partial charge in [0.15, 0.2) is 0 Å². The van der Waals surface area contributed by atoms with Crippen molar-refractivity contribution in [3.63, 3.8) is 0 Å². The summed E-state index contributed by atoms with van der Waals surface area (Å²) in [6.45, 7) is 1.61. The molecule has 0 fully saturated rings. The van der Waals surface area contributed by atoms with E-state index in [1.165, 1.54) is 7.11 Å². The number of hydrogen-bond donors (Lipinski definition) is 1. The molecule has 0 aliphatic heterocycles. The highest BCUT2D eigenvalue weighted by molar-refractivity contribution is 6.03. The lowest BCUT2D eigenvalue weighted by molar-refractivity contribution is 0.0602. The summed E-state index contributed by atoms with van der Waals surface area (Å²) in [5.74, 6) is -0.425. The number of aromatic nitrogens is 1. The van der Waals surface area contributed by atoms with Crippen LogP contribution in [0.2, 0.25) is 0 Å². The van der Waals surface area contributed by atoms with Gasteiger partial charge in [0.1, 0.15) is 0 Å². The first-order valence-electron chi connectivity index (χ1n) is 5.29. The summed E-state index contributed by atoms with van der Waals surface area (Å²) < 4.78 is 4.73. The van der Waals surface area contributed by atoms with E-state index in [0.29, 0.717) is 16.8 Å². The summed E-state index contributed by atoms with van der Waals surface area (Å²) in [5, 5.41) is 10.3. The number of aliphatic hydroxyl groups excluding tert-OH is 1. The summed E-state index contributed by atoms with van der Waals surface area (Å²) >= 11 is 0. The van der Waals surface area contributed by atoms with Crippen LogP contribution in [-0.4, -0.2) is 23.2 Å². The summed E-state index contributed by atoms with van der Waals surface area (Å²) in [6.07, 6.45) is -0.719. The Bertz CT molecular complexity index is 564. The molecule has 1 N–H and O–H groups in total. The SMILES string of the molecule is COC(=O)c1cc([C@H](C)O)nc2ccccc12. The number of benzene rings is 1. The van der Waals surface area contributed by atoms with E-state index in [2.05, 4.69) is 4.98 Å². The van der Waals surface area contributed by atoms with Crippen LogP contribution in [0.5, 0.6) is 0 Å². The Hall–Kier alpha value is -1.94. The minimum Gasteiger partial charge on any atom is -0.465 e. The van der Waals surface area contributed by atoms with Gasteiger partial charge in [-0.3, -0.25) is 4.98 Å². The van der Waals surface area contributed by atoms with Gasteiger partial charge >= 0.3 is 5.97 Å². The van der Waals surface area contributed by atoms with Crippen LogP contribution in [-0.2, 0) is 4.74 Å². The van der Waals surface area contributed by atoms with Gasteiger partial charge in [-0.25, -0.2) is 4.79 Å². The van der Waals surface area contributed by atoms with Gasteiger partial charge in [0, 0.05) is 5.39 Å². The topological polar surface area (TPSA) is 59.4 Å². The Labute approximate surface area is 98.9 Å². The van der Waals surface area contributed by atoms with Gasteiger partial charge in [-0.15, -0.1) is 0 Å².